The highest BCUT2D eigenvalue weighted by molar-refractivity contribution is 5.94. The van der Waals surface area contributed by atoms with Gasteiger partial charge in [-0.2, -0.15) is 0 Å². The Morgan fingerprint density at radius 1 is 1.29 bits per heavy atom. The molecule has 0 spiro atoms. The molecule has 1 amide bonds. The van der Waals surface area contributed by atoms with Crippen LogP contribution in [0.1, 0.15) is 24.5 Å². The van der Waals surface area contributed by atoms with E-state index >= 15 is 0 Å². The second-order valence-corrected chi connectivity index (χ2v) is 4.26. The molecule has 1 atom stereocenters. The van der Waals surface area contributed by atoms with E-state index in [9.17, 15) is 9.59 Å². The molecule has 1 aromatic rings. The van der Waals surface area contributed by atoms with Crippen LogP contribution in [-0.4, -0.2) is 17.0 Å². The molecule has 4 heteroatoms. The maximum Gasteiger partial charge on any atom is 0.306 e. The van der Waals surface area contributed by atoms with Crippen molar-refractivity contribution >= 4 is 17.6 Å². The maximum atomic E-state index is 11.7. The monoisotopic (exact) mass is 235 g/mol. The number of carbonyl (C=O) groups excluding carboxylic acids is 1. The van der Waals surface area contributed by atoms with Crippen molar-refractivity contribution in [2.75, 3.05) is 5.32 Å². The molecule has 17 heavy (non-hydrogen) atoms. The fourth-order valence-electron chi connectivity index (χ4n) is 1.57. The standard InChI is InChI=1S/C13H17NO3/c1-8-5-4-6-9(2)12(8)14-11(15)7-10(3)13(16)17/h4-6,10H,7H2,1-3H3,(H,14,15)(H,16,17). The lowest BCUT2D eigenvalue weighted by atomic mass is 10.1. The van der Waals surface area contributed by atoms with Gasteiger partial charge in [-0.05, 0) is 25.0 Å². The van der Waals surface area contributed by atoms with Gasteiger partial charge in [0, 0.05) is 12.1 Å². The van der Waals surface area contributed by atoms with Gasteiger partial charge in [-0.25, -0.2) is 0 Å². The van der Waals surface area contributed by atoms with Crippen molar-refractivity contribution in [1.29, 1.82) is 0 Å². The molecule has 0 heterocycles. The smallest absolute Gasteiger partial charge is 0.306 e. The predicted molar refractivity (Wildman–Crippen MR) is 66.0 cm³/mol. The number of para-hydroxylation sites is 1. The summed E-state index contributed by atoms with van der Waals surface area (Å²) in [6, 6.07) is 5.73. The Bertz CT molecular complexity index is 420. The number of nitrogens with one attached hydrogen (secondary N) is 1. The highest BCUT2D eigenvalue weighted by Gasteiger charge is 2.16. The van der Waals surface area contributed by atoms with Gasteiger partial charge in [0.1, 0.15) is 0 Å². The summed E-state index contributed by atoms with van der Waals surface area (Å²) >= 11 is 0. The molecule has 92 valence electrons. The number of aliphatic carboxylic acids is 1. The third-order valence-electron chi connectivity index (χ3n) is 2.66. The third-order valence-corrected chi connectivity index (χ3v) is 2.66. The van der Waals surface area contributed by atoms with E-state index in [4.69, 9.17) is 5.11 Å². The van der Waals surface area contributed by atoms with Crippen LogP contribution in [0.2, 0.25) is 0 Å². The van der Waals surface area contributed by atoms with E-state index in [0.717, 1.165) is 16.8 Å². The van der Waals surface area contributed by atoms with E-state index in [0.29, 0.717) is 0 Å². The van der Waals surface area contributed by atoms with Gasteiger partial charge in [0.25, 0.3) is 0 Å². The fourth-order valence-corrected chi connectivity index (χ4v) is 1.57. The van der Waals surface area contributed by atoms with Gasteiger partial charge in [0.05, 0.1) is 5.92 Å². The van der Waals surface area contributed by atoms with Crippen LogP contribution in [-0.2, 0) is 9.59 Å². The number of benzene rings is 1. The number of hydrogen-bond donors (Lipinski definition) is 2. The van der Waals surface area contributed by atoms with Crippen LogP contribution in [0, 0.1) is 19.8 Å². The van der Waals surface area contributed by atoms with Gasteiger partial charge in [-0.15, -0.1) is 0 Å². The highest BCUT2D eigenvalue weighted by atomic mass is 16.4. The first kappa shape index (κ1) is 13.2. The highest BCUT2D eigenvalue weighted by Crippen LogP contribution is 2.20. The van der Waals surface area contributed by atoms with E-state index < -0.39 is 11.9 Å². The SMILES string of the molecule is Cc1cccc(C)c1NC(=O)CC(C)C(=O)O. The summed E-state index contributed by atoms with van der Waals surface area (Å²) in [5.41, 5.74) is 2.72. The molecule has 0 radical (unpaired) electrons. The average Bonchev–Trinajstić information content (AvgIpc) is 2.23. The molecule has 0 saturated carbocycles. The van der Waals surface area contributed by atoms with Crippen LogP contribution < -0.4 is 5.32 Å². The van der Waals surface area contributed by atoms with Gasteiger partial charge in [0.15, 0.2) is 0 Å². The molecule has 0 aliphatic rings. The second kappa shape index (κ2) is 5.48. The first-order chi connectivity index (χ1) is 7.91. The van der Waals surface area contributed by atoms with Crippen molar-refractivity contribution < 1.29 is 14.7 Å². The van der Waals surface area contributed by atoms with Gasteiger partial charge >= 0.3 is 5.97 Å². The number of carboxylic acids is 1. The minimum absolute atomic E-state index is 0.0108. The quantitative estimate of drug-likeness (QED) is 0.841. The largest absolute Gasteiger partial charge is 0.481 e. The lowest BCUT2D eigenvalue weighted by Crippen LogP contribution is -2.20. The normalized spacial score (nSPS) is 11.9. The molecule has 0 fully saturated rings. The van der Waals surface area contributed by atoms with Gasteiger partial charge < -0.3 is 10.4 Å². The summed E-state index contributed by atoms with van der Waals surface area (Å²) < 4.78 is 0. The lowest BCUT2D eigenvalue weighted by molar-refractivity contribution is -0.142. The van der Waals surface area contributed by atoms with Crippen molar-refractivity contribution in [3.05, 3.63) is 29.3 Å². The van der Waals surface area contributed by atoms with Crippen LogP contribution in [0.15, 0.2) is 18.2 Å². The Balaban J connectivity index is 2.72. The molecule has 4 nitrogen and oxygen atoms in total. The zero-order valence-corrected chi connectivity index (χ0v) is 10.3. The van der Waals surface area contributed by atoms with E-state index in [2.05, 4.69) is 5.32 Å². The van der Waals surface area contributed by atoms with Crippen LogP contribution in [0.3, 0.4) is 0 Å². The topological polar surface area (TPSA) is 66.4 Å². The van der Waals surface area contributed by atoms with Crippen molar-refractivity contribution in [3.8, 4) is 0 Å². The average molecular weight is 235 g/mol. The second-order valence-electron chi connectivity index (χ2n) is 4.26. The summed E-state index contributed by atoms with van der Waals surface area (Å²) in [5, 5.41) is 11.5. The molecular formula is C13H17NO3. The first-order valence-corrected chi connectivity index (χ1v) is 5.50. The van der Waals surface area contributed by atoms with Crippen molar-refractivity contribution in [1.82, 2.24) is 0 Å². The zero-order valence-electron chi connectivity index (χ0n) is 10.3. The summed E-state index contributed by atoms with van der Waals surface area (Å²) in [6.07, 6.45) is -0.0108. The number of aryl methyl sites for hydroxylation is 2. The Morgan fingerprint density at radius 2 is 1.82 bits per heavy atom. The van der Waals surface area contributed by atoms with E-state index in [1.807, 2.05) is 32.0 Å². The van der Waals surface area contributed by atoms with Gasteiger partial charge in [-0.3, -0.25) is 9.59 Å². The van der Waals surface area contributed by atoms with Crippen LogP contribution in [0.4, 0.5) is 5.69 Å². The Labute approximate surface area is 101 Å². The number of carboxylic acid groups (broad SMARTS) is 1. The molecule has 1 rings (SSSR count). The number of rotatable bonds is 4. The summed E-state index contributed by atoms with van der Waals surface area (Å²) in [5.74, 6) is -1.89. The number of amides is 1. The molecule has 0 aliphatic heterocycles. The number of carbonyl (C=O) groups is 2. The van der Waals surface area contributed by atoms with Crippen molar-refractivity contribution in [3.63, 3.8) is 0 Å². The van der Waals surface area contributed by atoms with Crippen LogP contribution in [0.25, 0.3) is 0 Å². The molecule has 2 N–H and O–H groups in total. The minimum atomic E-state index is -0.957. The zero-order chi connectivity index (χ0) is 13.0. The van der Waals surface area contributed by atoms with Crippen LogP contribution >= 0.6 is 0 Å². The molecule has 0 aliphatic carbocycles. The maximum absolute atomic E-state index is 11.7. The fraction of sp³-hybridized carbons (Fsp3) is 0.385. The third kappa shape index (κ3) is 3.59. The first-order valence-electron chi connectivity index (χ1n) is 5.50. The number of anilines is 1. The predicted octanol–water partition coefficient (Wildman–Crippen LogP) is 2.35. The summed E-state index contributed by atoms with van der Waals surface area (Å²) in [7, 11) is 0. The molecule has 0 saturated heterocycles. The van der Waals surface area contributed by atoms with E-state index in [1.54, 1.807) is 0 Å². The molecule has 1 unspecified atom stereocenters. The van der Waals surface area contributed by atoms with E-state index in [1.165, 1.54) is 6.92 Å². The molecular weight excluding hydrogens is 218 g/mol. The van der Waals surface area contributed by atoms with Crippen molar-refractivity contribution in [2.45, 2.75) is 27.2 Å². The van der Waals surface area contributed by atoms with Crippen LogP contribution in [0.5, 0.6) is 0 Å². The Kier molecular flexibility index (Phi) is 4.26. The summed E-state index contributed by atoms with van der Waals surface area (Å²) in [6.45, 7) is 5.33. The summed E-state index contributed by atoms with van der Waals surface area (Å²) in [4.78, 5) is 22.3. The molecule has 0 aromatic heterocycles. The molecule has 0 bridgehead atoms. The Hall–Kier alpha value is -1.84. The molecule has 1 aromatic carbocycles. The minimum Gasteiger partial charge on any atom is -0.481 e. The van der Waals surface area contributed by atoms with Crippen molar-refractivity contribution in [2.24, 2.45) is 5.92 Å². The Morgan fingerprint density at radius 3 is 2.29 bits per heavy atom. The van der Waals surface area contributed by atoms with Gasteiger partial charge in [-0.1, -0.05) is 25.1 Å². The number of hydrogen-bond acceptors (Lipinski definition) is 2. The van der Waals surface area contributed by atoms with Gasteiger partial charge in [0.2, 0.25) is 5.91 Å². The van der Waals surface area contributed by atoms with E-state index in [-0.39, 0.29) is 12.3 Å². The lowest BCUT2D eigenvalue weighted by Gasteiger charge is -2.12.